The van der Waals surface area contributed by atoms with Crippen LogP contribution in [0.3, 0.4) is 0 Å². The molecule has 0 aliphatic heterocycles. The summed E-state index contributed by atoms with van der Waals surface area (Å²) in [6, 6.07) is 18.7. The first-order chi connectivity index (χ1) is 10.8. The summed E-state index contributed by atoms with van der Waals surface area (Å²) in [7, 11) is 0. The average Bonchev–Trinajstić information content (AvgIpc) is 3.08. The Morgan fingerprint density at radius 1 is 0.773 bits per heavy atom. The number of rotatable bonds is 6. The van der Waals surface area contributed by atoms with Crippen LogP contribution in [0.25, 0.3) is 5.69 Å². The third-order valence-electron chi connectivity index (χ3n) is 3.21. The summed E-state index contributed by atoms with van der Waals surface area (Å²) in [4.78, 5) is 0. The van der Waals surface area contributed by atoms with E-state index in [2.05, 4.69) is 0 Å². The maximum Gasteiger partial charge on any atom is 0.161 e. The van der Waals surface area contributed by atoms with Crippen LogP contribution in [0.4, 0.5) is 0 Å². The van der Waals surface area contributed by atoms with Gasteiger partial charge in [-0.15, -0.1) is 0 Å². The Bertz CT molecular complexity index is 705. The molecule has 112 valence electrons. The molecular formula is C18H17NO3. The van der Waals surface area contributed by atoms with E-state index in [1.165, 1.54) is 0 Å². The predicted molar refractivity (Wildman–Crippen MR) is 84.9 cm³/mol. The Morgan fingerprint density at radius 3 is 2.18 bits per heavy atom. The number of hydrogen-bond acceptors (Lipinski definition) is 3. The van der Waals surface area contributed by atoms with Crippen LogP contribution >= 0.6 is 0 Å². The number of phenolic OH excluding ortho intramolecular Hbond substituents is 1. The van der Waals surface area contributed by atoms with Crippen LogP contribution in [0.2, 0.25) is 0 Å². The van der Waals surface area contributed by atoms with E-state index < -0.39 is 0 Å². The van der Waals surface area contributed by atoms with Crippen molar-refractivity contribution in [2.45, 2.75) is 0 Å². The highest BCUT2D eigenvalue weighted by molar-refractivity contribution is 5.38. The van der Waals surface area contributed by atoms with Crippen LogP contribution in [0.5, 0.6) is 17.2 Å². The topological polar surface area (TPSA) is 43.6 Å². The molecule has 0 fully saturated rings. The molecule has 0 amide bonds. The van der Waals surface area contributed by atoms with Crippen molar-refractivity contribution < 1.29 is 14.6 Å². The first-order valence-corrected chi connectivity index (χ1v) is 7.10. The molecule has 0 aliphatic rings. The first-order valence-electron chi connectivity index (χ1n) is 7.10. The maximum absolute atomic E-state index is 9.58. The van der Waals surface area contributed by atoms with Gasteiger partial charge in [0.05, 0.1) is 0 Å². The Hall–Kier alpha value is -2.88. The average molecular weight is 295 g/mol. The minimum Gasteiger partial charge on any atom is -0.504 e. The minimum absolute atomic E-state index is 0.138. The van der Waals surface area contributed by atoms with Gasteiger partial charge in [-0.2, -0.15) is 0 Å². The Morgan fingerprint density at radius 2 is 1.45 bits per heavy atom. The van der Waals surface area contributed by atoms with E-state index in [0.717, 1.165) is 11.4 Å². The molecule has 1 N–H and O–H groups in total. The molecule has 0 unspecified atom stereocenters. The zero-order chi connectivity index (χ0) is 15.2. The number of para-hydroxylation sites is 2. The molecule has 3 aromatic rings. The van der Waals surface area contributed by atoms with Crippen LogP contribution in [-0.4, -0.2) is 22.9 Å². The quantitative estimate of drug-likeness (QED) is 0.706. The highest BCUT2D eigenvalue weighted by Gasteiger charge is 2.01. The zero-order valence-electron chi connectivity index (χ0n) is 12.1. The van der Waals surface area contributed by atoms with Crippen molar-refractivity contribution >= 4 is 0 Å². The van der Waals surface area contributed by atoms with Gasteiger partial charge in [0.1, 0.15) is 19.0 Å². The van der Waals surface area contributed by atoms with Gasteiger partial charge in [0.25, 0.3) is 0 Å². The number of nitrogens with zero attached hydrogens (tertiary/aromatic N) is 1. The number of aromatic nitrogens is 1. The van der Waals surface area contributed by atoms with Crippen molar-refractivity contribution in [1.82, 2.24) is 4.57 Å². The van der Waals surface area contributed by atoms with Crippen molar-refractivity contribution in [2.24, 2.45) is 0 Å². The first kappa shape index (κ1) is 14.1. The molecule has 0 aliphatic carbocycles. The highest BCUT2D eigenvalue weighted by Crippen LogP contribution is 2.24. The lowest BCUT2D eigenvalue weighted by molar-refractivity contribution is 0.212. The summed E-state index contributed by atoms with van der Waals surface area (Å²) in [5.41, 5.74) is 1.09. The molecule has 1 heterocycles. The van der Waals surface area contributed by atoms with E-state index in [-0.39, 0.29) is 5.75 Å². The van der Waals surface area contributed by atoms with Gasteiger partial charge in [0.2, 0.25) is 0 Å². The molecule has 2 aromatic carbocycles. The van der Waals surface area contributed by atoms with Gasteiger partial charge in [-0.3, -0.25) is 0 Å². The fraction of sp³-hybridized carbons (Fsp3) is 0.111. The molecule has 0 saturated heterocycles. The fourth-order valence-corrected chi connectivity index (χ4v) is 2.11. The van der Waals surface area contributed by atoms with Gasteiger partial charge in [0.15, 0.2) is 11.5 Å². The van der Waals surface area contributed by atoms with E-state index in [9.17, 15) is 5.11 Å². The Kier molecular flexibility index (Phi) is 4.30. The molecule has 0 atom stereocenters. The van der Waals surface area contributed by atoms with Crippen molar-refractivity contribution in [3.63, 3.8) is 0 Å². The number of benzene rings is 2. The molecule has 4 heteroatoms. The molecule has 4 nitrogen and oxygen atoms in total. The molecule has 0 radical (unpaired) electrons. The second-order valence-electron chi connectivity index (χ2n) is 4.75. The van der Waals surface area contributed by atoms with Crippen molar-refractivity contribution in [1.29, 1.82) is 0 Å². The van der Waals surface area contributed by atoms with Gasteiger partial charge < -0.3 is 19.1 Å². The smallest absolute Gasteiger partial charge is 0.161 e. The zero-order valence-corrected chi connectivity index (χ0v) is 12.1. The Balaban J connectivity index is 1.49. The third-order valence-corrected chi connectivity index (χ3v) is 3.21. The molecule has 3 rings (SSSR count). The second kappa shape index (κ2) is 6.72. The lowest BCUT2D eigenvalue weighted by atomic mass is 10.3. The SMILES string of the molecule is Oc1ccccc1OCCOc1ccc(-n2cccc2)cc1. The van der Waals surface area contributed by atoms with Crippen LogP contribution in [0.15, 0.2) is 73.1 Å². The van der Waals surface area contributed by atoms with Gasteiger partial charge in [-0.1, -0.05) is 12.1 Å². The van der Waals surface area contributed by atoms with Gasteiger partial charge in [0, 0.05) is 18.1 Å². The summed E-state index contributed by atoms with van der Waals surface area (Å²) >= 11 is 0. The van der Waals surface area contributed by atoms with E-state index in [0.29, 0.717) is 19.0 Å². The van der Waals surface area contributed by atoms with Gasteiger partial charge in [-0.25, -0.2) is 0 Å². The van der Waals surface area contributed by atoms with Gasteiger partial charge in [-0.05, 0) is 48.5 Å². The molecular weight excluding hydrogens is 278 g/mol. The van der Waals surface area contributed by atoms with Crippen molar-refractivity contribution in [2.75, 3.05) is 13.2 Å². The van der Waals surface area contributed by atoms with E-state index >= 15 is 0 Å². The summed E-state index contributed by atoms with van der Waals surface area (Å²) in [5, 5.41) is 9.58. The molecule has 0 bridgehead atoms. The van der Waals surface area contributed by atoms with E-state index in [1.807, 2.05) is 59.4 Å². The number of hydrogen-bond donors (Lipinski definition) is 1. The summed E-state index contributed by atoms with van der Waals surface area (Å²) < 4.78 is 13.1. The fourth-order valence-electron chi connectivity index (χ4n) is 2.11. The van der Waals surface area contributed by atoms with E-state index in [1.54, 1.807) is 18.2 Å². The number of ether oxygens (including phenoxy) is 2. The summed E-state index contributed by atoms with van der Waals surface area (Å²) in [5.74, 6) is 1.39. The van der Waals surface area contributed by atoms with Crippen LogP contribution in [0.1, 0.15) is 0 Å². The molecule has 1 aromatic heterocycles. The predicted octanol–water partition coefficient (Wildman–Crippen LogP) is 3.64. The summed E-state index contributed by atoms with van der Waals surface area (Å²) in [6.07, 6.45) is 3.99. The second-order valence-corrected chi connectivity index (χ2v) is 4.75. The Labute approximate surface area is 129 Å². The summed E-state index contributed by atoms with van der Waals surface area (Å²) in [6.45, 7) is 0.786. The van der Waals surface area contributed by atoms with Crippen molar-refractivity contribution in [3.05, 3.63) is 73.1 Å². The lowest BCUT2D eigenvalue weighted by Crippen LogP contribution is -2.09. The number of phenols is 1. The van der Waals surface area contributed by atoms with Crippen LogP contribution < -0.4 is 9.47 Å². The molecule has 22 heavy (non-hydrogen) atoms. The normalized spacial score (nSPS) is 10.4. The maximum atomic E-state index is 9.58. The van der Waals surface area contributed by atoms with Crippen LogP contribution in [0, 0.1) is 0 Å². The molecule has 0 spiro atoms. The lowest BCUT2D eigenvalue weighted by Gasteiger charge is -2.10. The molecule has 0 saturated carbocycles. The van der Waals surface area contributed by atoms with E-state index in [4.69, 9.17) is 9.47 Å². The standard InChI is InChI=1S/C18H17NO3/c20-17-5-1-2-6-18(17)22-14-13-21-16-9-7-15(8-10-16)19-11-3-4-12-19/h1-12,20H,13-14H2. The largest absolute Gasteiger partial charge is 0.504 e. The highest BCUT2D eigenvalue weighted by atomic mass is 16.5. The minimum atomic E-state index is 0.138. The monoisotopic (exact) mass is 295 g/mol. The number of aromatic hydroxyl groups is 1. The van der Waals surface area contributed by atoms with Crippen LogP contribution in [-0.2, 0) is 0 Å². The van der Waals surface area contributed by atoms with Crippen molar-refractivity contribution in [3.8, 4) is 22.9 Å². The third kappa shape index (κ3) is 3.41. The van der Waals surface area contributed by atoms with Gasteiger partial charge >= 0.3 is 0 Å².